The molecule has 0 aliphatic heterocycles. The Morgan fingerprint density at radius 2 is 0.833 bits per heavy atom. The fourth-order valence-corrected chi connectivity index (χ4v) is 1.66. The van der Waals surface area contributed by atoms with E-state index in [2.05, 4.69) is 13.2 Å². The van der Waals surface area contributed by atoms with Crippen molar-refractivity contribution >= 4 is 12.2 Å². The summed E-state index contributed by atoms with van der Waals surface area (Å²) in [6.07, 6.45) is 2.59. The van der Waals surface area contributed by atoms with E-state index in [1.807, 2.05) is 24.3 Å². The van der Waals surface area contributed by atoms with E-state index < -0.39 is 0 Å². The summed E-state index contributed by atoms with van der Waals surface area (Å²) in [7, 11) is 0. The Bertz CT molecular complexity index is 597. The first-order valence-corrected chi connectivity index (χ1v) is 4.79. The first kappa shape index (κ1) is 12.7. The van der Waals surface area contributed by atoms with Crippen molar-refractivity contribution < 1.29 is 0 Å². The van der Waals surface area contributed by atoms with Crippen LogP contribution in [0.4, 0.5) is 0 Å². The molecule has 1 aromatic rings. The van der Waals surface area contributed by atoms with Crippen molar-refractivity contribution in [1.82, 2.24) is 0 Å². The molecule has 0 radical (unpaired) electrons. The van der Waals surface area contributed by atoms with Crippen molar-refractivity contribution in [3.8, 4) is 24.3 Å². The van der Waals surface area contributed by atoms with Gasteiger partial charge in [0, 0.05) is 11.1 Å². The molecule has 1 aromatic carbocycles. The van der Waals surface area contributed by atoms with Gasteiger partial charge in [-0.25, -0.2) is 0 Å². The molecule has 0 unspecified atom stereocenters. The number of rotatable bonds is 2. The van der Waals surface area contributed by atoms with Gasteiger partial charge in [0.05, 0.1) is 22.3 Å². The second-order valence-electron chi connectivity index (χ2n) is 3.18. The van der Waals surface area contributed by atoms with Gasteiger partial charge in [0.25, 0.3) is 0 Å². The predicted octanol–water partition coefficient (Wildman–Crippen LogP) is 2.46. The van der Waals surface area contributed by atoms with Crippen LogP contribution in [-0.4, -0.2) is 0 Å². The zero-order valence-corrected chi connectivity index (χ0v) is 9.36. The standard InChI is InChI=1S/C14H6N4/c1-3-9-11(5-15)13(7-17)10(4-2)14(8-18)12(9)6-16/h3-4H,1-2H2. The second-order valence-corrected chi connectivity index (χ2v) is 3.18. The van der Waals surface area contributed by atoms with Gasteiger partial charge in [-0.15, -0.1) is 0 Å². The summed E-state index contributed by atoms with van der Waals surface area (Å²) in [4.78, 5) is 0. The van der Waals surface area contributed by atoms with Gasteiger partial charge in [-0.2, -0.15) is 21.0 Å². The maximum absolute atomic E-state index is 9.09. The molecule has 4 nitrogen and oxygen atoms in total. The van der Waals surface area contributed by atoms with Gasteiger partial charge in [-0.1, -0.05) is 25.3 Å². The van der Waals surface area contributed by atoms with Crippen LogP contribution in [0.15, 0.2) is 13.2 Å². The lowest BCUT2D eigenvalue weighted by atomic mass is 9.88. The molecule has 82 valence electrons. The highest BCUT2D eigenvalue weighted by molar-refractivity contribution is 5.79. The molecule has 0 amide bonds. The van der Waals surface area contributed by atoms with Crippen LogP contribution in [0.25, 0.3) is 12.2 Å². The van der Waals surface area contributed by atoms with Crippen LogP contribution < -0.4 is 0 Å². The van der Waals surface area contributed by atoms with Crippen molar-refractivity contribution in [2.75, 3.05) is 0 Å². The molecule has 1 rings (SSSR count). The molecular formula is C14H6N4. The Kier molecular flexibility index (Phi) is 3.63. The highest BCUT2D eigenvalue weighted by atomic mass is 14.3. The fraction of sp³-hybridized carbons (Fsp3) is 0. The van der Waals surface area contributed by atoms with Gasteiger partial charge < -0.3 is 0 Å². The molecular weight excluding hydrogens is 224 g/mol. The van der Waals surface area contributed by atoms with E-state index in [-0.39, 0.29) is 33.4 Å². The van der Waals surface area contributed by atoms with Gasteiger partial charge >= 0.3 is 0 Å². The van der Waals surface area contributed by atoms with Gasteiger partial charge in [0.1, 0.15) is 24.3 Å². The van der Waals surface area contributed by atoms with Crippen LogP contribution in [0.5, 0.6) is 0 Å². The van der Waals surface area contributed by atoms with Crippen molar-refractivity contribution in [2.24, 2.45) is 0 Å². The SMILES string of the molecule is C=Cc1c(C#N)c(C#N)c(C=C)c(C#N)c1C#N. The van der Waals surface area contributed by atoms with E-state index in [0.29, 0.717) is 0 Å². The quantitative estimate of drug-likeness (QED) is 0.779. The largest absolute Gasteiger partial charge is 0.192 e. The molecule has 18 heavy (non-hydrogen) atoms. The number of hydrogen-bond donors (Lipinski definition) is 0. The zero-order valence-electron chi connectivity index (χ0n) is 9.36. The average Bonchev–Trinajstić information content (AvgIpc) is 2.43. The summed E-state index contributed by atoms with van der Waals surface area (Å²) < 4.78 is 0. The normalized spacial score (nSPS) is 8.22. The van der Waals surface area contributed by atoms with Gasteiger partial charge in [-0.05, 0) is 0 Å². The summed E-state index contributed by atoms with van der Waals surface area (Å²) in [5, 5.41) is 36.4. The third-order valence-corrected chi connectivity index (χ3v) is 2.43. The molecule has 0 N–H and O–H groups in total. The molecule has 0 bridgehead atoms. The molecule has 0 saturated carbocycles. The van der Waals surface area contributed by atoms with Crippen LogP contribution in [0.1, 0.15) is 33.4 Å². The summed E-state index contributed by atoms with van der Waals surface area (Å²) in [6, 6.07) is 7.46. The first-order valence-electron chi connectivity index (χ1n) is 4.79. The summed E-state index contributed by atoms with van der Waals surface area (Å²) in [5.41, 5.74) is 0.573. The zero-order chi connectivity index (χ0) is 13.7. The highest BCUT2D eigenvalue weighted by Gasteiger charge is 2.20. The molecule has 0 saturated heterocycles. The molecule has 0 heterocycles. The Hall–Kier alpha value is -3.34. The van der Waals surface area contributed by atoms with E-state index in [1.165, 1.54) is 12.2 Å². The number of nitriles is 4. The van der Waals surface area contributed by atoms with Gasteiger partial charge in [-0.3, -0.25) is 0 Å². The maximum atomic E-state index is 9.09. The van der Waals surface area contributed by atoms with E-state index in [1.54, 1.807) is 0 Å². The number of nitrogens with zero attached hydrogens (tertiary/aromatic N) is 4. The molecule has 0 spiro atoms. The lowest BCUT2D eigenvalue weighted by Gasteiger charge is -2.09. The minimum Gasteiger partial charge on any atom is -0.192 e. The van der Waals surface area contributed by atoms with Crippen molar-refractivity contribution in [1.29, 1.82) is 21.0 Å². The minimum absolute atomic E-state index is 0.0398. The van der Waals surface area contributed by atoms with Gasteiger partial charge in [0.15, 0.2) is 0 Å². The monoisotopic (exact) mass is 230 g/mol. The topological polar surface area (TPSA) is 95.2 Å². The molecule has 0 aliphatic carbocycles. The Balaban J connectivity index is 4.16. The van der Waals surface area contributed by atoms with E-state index in [0.717, 1.165) is 0 Å². The Morgan fingerprint density at radius 1 is 0.611 bits per heavy atom. The molecule has 0 aliphatic rings. The number of benzene rings is 1. The van der Waals surface area contributed by atoms with E-state index in [4.69, 9.17) is 21.0 Å². The Morgan fingerprint density at radius 3 is 0.944 bits per heavy atom. The van der Waals surface area contributed by atoms with Crippen molar-refractivity contribution in [2.45, 2.75) is 0 Å². The molecule has 0 atom stereocenters. The molecule has 0 fully saturated rings. The lowest BCUT2D eigenvalue weighted by molar-refractivity contribution is 1.35. The van der Waals surface area contributed by atoms with Gasteiger partial charge in [0.2, 0.25) is 0 Å². The van der Waals surface area contributed by atoms with Crippen molar-refractivity contribution in [3.63, 3.8) is 0 Å². The van der Waals surface area contributed by atoms with Crippen LogP contribution >= 0.6 is 0 Å². The highest BCUT2D eigenvalue weighted by Crippen LogP contribution is 2.28. The minimum atomic E-state index is 0.0398. The summed E-state index contributed by atoms with van der Waals surface area (Å²) in [5.74, 6) is 0. The van der Waals surface area contributed by atoms with E-state index >= 15 is 0 Å². The lowest BCUT2D eigenvalue weighted by Crippen LogP contribution is -2.02. The Labute approximate surface area is 105 Å². The molecule has 4 heteroatoms. The van der Waals surface area contributed by atoms with Crippen LogP contribution in [0.2, 0.25) is 0 Å². The maximum Gasteiger partial charge on any atom is 0.101 e. The third-order valence-electron chi connectivity index (χ3n) is 2.43. The predicted molar refractivity (Wildman–Crippen MR) is 65.5 cm³/mol. The first-order chi connectivity index (χ1) is 8.69. The van der Waals surface area contributed by atoms with Crippen LogP contribution in [-0.2, 0) is 0 Å². The summed E-state index contributed by atoms with van der Waals surface area (Å²) in [6.45, 7) is 7.02. The van der Waals surface area contributed by atoms with Crippen LogP contribution in [0, 0.1) is 45.3 Å². The number of hydrogen-bond acceptors (Lipinski definition) is 4. The van der Waals surface area contributed by atoms with Crippen molar-refractivity contribution in [3.05, 3.63) is 46.5 Å². The summed E-state index contributed by atoms with van der Waals surface area (Å²) >= 11 is 0. The fourth-order valence-electron chi connectivity index (χ4n) is 1.66. The average molecular weight is 230 g/mol. The van der Waals surface area contributed by atoms with E-state index in [9.17, 15) is 0 Å². The smallest absolute Gasteiger partial charge is 0.101 e. The third kappa shape index (κ3) is 1.61. The van der Waals surface area contributed by atoms with Crippen LogP contribution in [0.3, 0.4) is 0 Å². The second kappa shape index (κ2) is 5.13. The molecule has 0 aromatic heterocycles.